The number of hydrogen-bond acceptors (Lipinski definition) is 6. The lowest BCUT2D eigenvalue weighted by molar-refractivity contribution is -0.116. The van der Waals surface area contributed by atoms with Crippen molar-refractivity contribution in [2.75, 3.05) is 12.4 Å². The van der Waals surface area contributed by atoms with Gasteiger partial charge in [0, 0.05) is 0 Å². The molecule has 0 radical (unpaired) electrons. The van der Waals surface area contributed by atoms with Crippen molar-refractivity contribution in [2.45, 2.75) is 0 Å². The fourth-order valence-electron chi connectivity index (χ4n) is 1.33. The van der Waals surface area contributed by atoms with E-state index in [4.69, 9.17) is 10.00 Å². The third kappa shape index (κ3) is 4.12. The number of rotatable bonds is 4. The molecule has 1 amide bonds. The van der Waals surface area contributed by atoms with Crippen LogP contribution in [-0.2, 0) is 4.79 Å². The predicted octanol–water partition coefficient (Wildman–Crippen LogP) is 1.14. The Morgan fingerprint density at radius 1 is 1.58 bits per heavy atom. The SMILES string of the molecule is N#CCOc1cccc(C=NN=C2NC(=O)CS2)c1. The number of ether oxygens (including phenoxy) is 1. The van der Waals surface area contributed by atoms with Gasteiger partial charge in [0.05, 0.1) is 12.0 Å². The molecule has 1 aliphatic heterocycles. The minimum absolute atomic E-state index is 0.00552. The molecule has 1 saturated heterocycles. The van der Waals surface area contributed by atoms with Crippen LogP contribution in [0.5, 0.6) is 5.75 Å². The minimum Gasteiger partial charge on any atom is -0.479 e. The number of nitrogens with one attached hydrogen (secondary N) is 1. The molecule has 19 heavy (non-hydrogen) atoms. The van der Waals surface area contributed by atoms with Crippen LogP contribution in [0.2, 0.25) is 0 Å². The van der Waals surface area contributed by atoms with Crippen LogP contribution in [0.3, 0.4) is 0 Å². The molecular weight excluding hydrogens is 264 g/mol. The second kappa shape index (κ2) is 6.56. The summed E-state index contributed by atoms with van der Waals surface area (Å²) in [7, 11) is 0. The van der Waals surface area contributed by atoms with E-state index in [1.807, 2.05) is 12.1 Å². The number of carbonyl (C=O) groups excluding carboxylic acids is 1. The van der Waals surface area contributed by atoms with Crippen molar-refractivity contribution >= 4 is 29.1 Å². The van der Waals surface area contributed by atoms with Gasteiger partial charge in [-0.05, 0) is 17.7 Å². The molecule has 2 rings (SSSR count). The average molecular weight is 274 g/mol. The van der Waals surface area contributed by atoms with E-state index in [0.717, 1.165) is 5.56 Å². The van der Waals surface area contributed by atoms with Crippen LogP contribution in [0.4, 0.5) is 0 Å². The molecule has 1 aromatic rings. The lowest BCUT2D eigenvalue weighted by Gasteiger charge is -2.01. The number of nitrogens with zero attached hydrogens (tertiary/aromatic N) is 3. The summed E-state index contributed by atoms with van der Waals surface area (Å²) in [6.45, 7) is 0.00552. The summed E-state index contributed by atoms with van der Waals surface area (Å²) in [6, 6.07) is 9.04. The molecule has 0 aromatic heterocycles. The number of amides is 1. The number of amidine groups is 1. The van der Waals surface area contributed by atoms with Crippen molar-refractivity contribution in [1.82, 2.24) is 5.32 Å². The predicted molar refractivity (Wildman–Crippen MR) is 73.2 cm³/mol. The second-order valence-electron chi connectivity index (χ2n) is 3.51. The van der Waals surface area contributed by atoms with Crippen LogP contribution in [0.15, 0.2) is 34.5 Å². The maximum atomic E-state index is 10.9. The van der Waals surface area contributed by atoms with Gasteiger partial charge in [0.2, 0.25) is 5.91 Å². The summed E-state index contributed by atoms with van der Waals surface area (Å²) in [5.74, 6) is 0.916. The molecule has 1 heterocycles. The fourth-order valence-corrected chi connectivity index (χ4v) is 1.96. The summed E-state index contributed by atoms with van der Waals surface area (Å²) in [4.78, 5) is 10.9. The van der Waals surface area contributed by atoms with E-state index in [-0.39, 0.29) is 12.5 Å². The van der Waals surface area contributed by atoms with Crippen molar-refractivity contribution in [3.8, 4) is 11.8 Å². The highest BCUT2D eigenvalue weighted by molar-refractivity contribution is 8.15. The molecule has 0 atom stereocenters. The molecule has 1 aliphatic rings. The monoisotopic (exact) mass is 274 g/mol. The normalized spacial score (nSPS) is 16.6. The Balaban J connectivity index is 1.99. The Bertz CT molecular complexity index is 577. The van der Waals surface area contributed by atoms with Gasteiger partial charge in [-0.3, -0.25) is 4.79 Å². The summed E-state index contributed by atoms with van der Waals surface area (Å²) in [5, 5.41) is 19.3. The van der Waals surface area contributed by atoms with E-state index < -0.39 is 0 Å². The number of benzene rings is 1. The lowest BCUT2D eigenvalue weighted by Crippen LogP contribution is -2.19. The zero-order chi connectivity index (χ0) is 13.5. The van der Waals surface area contributed by atoms with Crippen LogP contribution >= 0.6 is 11.8 Å². The largest absolute Gasteiger partial charge is 0.479 e. The molecule has 0 spiro atoms. The molecule has 0 saturated carbocycles. The Kier molecular flexibility index (Phi) is 4.53. The van der Waals surface area contributed by atoms with Crippen molar-refractivity contribution < 1.29 is 9.53 Å². The third-order valence-electron chi connectivity index (χ3n) is 2.10. The van der Waals surface area contributed by atoms with Crippen LogP contribution in [-0.4, -0.2) is 29.6 Å². The van der Waals surface area contributed by atoms with Crippen LogP contribution in [0.1, 0.15) is 5.56 Å². The van der Waals surface area contributed by atoms with E-state index >= 15 is 0 Å². The van der Waals surface area contributed by atoms with Gasteiger partial charge < -0.3 is 10.1 Å². The van der Waals surface area contributed by atoms with Gasteiger partial charge in [0.15, 0.2) is 11.8 Å². The zero-order valence-corrected chi connectivity index (χ0v) is 10.7. The van der Waals surface area contributed by atoms with Gasteiger partial charge in [-0.2, -0.15) is 10.4 Å². The van der Waals surface area contributed by atoms with Crippen molar-refractivity contribution in [3.63, 3.8) is 0 Å². The van der Waals surface area contributed by atoms with Crippen LogP contribution in [0, 0.1) is 11.3 Å². The summed E-state index contributed by atoms with van der Waals surface area (Å²) < 4.78 is 5.17. The molecule has 0 bridgehead atoms. The van der Waals surface area contributed by atoms with Gasteiger partial charge in [-0.15, -0.1) is 5.10 Å². The van der Waals surface area contributed by atoms with E-state index in [9.17, 15) is 4.79 Å². The fraction of sp³-hybridized carbons (Fsp3) is 0.167. The summed E-state index contributed by atoms with van der Waals surface area (Å²) in [6.07, 6.45) is 1.55. The van der Waals surface area contributed by atoms with Crippen molar-refractivity contribution in [3.05, 3.63) is 29.8 Å². The first-order valence-electron chi connectivity index (χ1n) is 5.41. The van der Waals surface area contributed by atoms with Crippen molar-refractivity contribution in [1.29, 1.82) is 5.26 Å². The molecule has 1 N–H and O–H groups in total. The molecule has 96 valence electrons. The standard InChI is InChI=1S/C12H10N4O2S/c13-4-5-18-10-3-1-2-9(6-10)7-14-16-12-15-11(17)8-19-12/h1-3,6-7H,5,8H2,(H,15,16,17). The van der Waals surface area contributed by atoms with Crippen molar-refractivity contribution in [2.24, 2.45) is 10.2 Å². The highest BCUT2D eigenvalue weighted by Crippen LogP contribution is 2.12. The maximum Gasteiger partial charge on any atom is 0.236 e. The van der Waals surface area contributed by atoms with E-state index in [2.05, 4.69) is 15.5 Å². The van der Waals surface area contributed by atoms with E-state index in [1.54, 1.807) is 24.4 Å². The van der Waals surface area contributed by atoms with Crippen LogP contribution < -0.4 is 10.1 Å². The first-order valence-corrected chi connectivity index (χ1v) is 6.40. The highest BCUT2D eigenvalue weighted by atomic mass is 32.2. The van der Waals surface area contributed by atoms with Gasteiger partial charge in [0.1, 0.15) is 11.8 Å². The number of carbonyl (C=O) groups is 1. The molecule has 7 heteroatoms. The van der Waals surface area contributed by atoms with E-state index in [1.165, 1.54) is 11.8 Å². The second-order valence-corrected chi connectivity index (χ2v) is 4.47. The Morgan fingerprint density at radius 2 is 2.47 bits per heavy atom. The maximum absolute atomic E-state index is 10.9. The number of hydrogen-bond donors (Lipinski definition) is 1. The topological polar surface area (TPSA) is 86.8 Å². The Labute approximate surface area is 114 Å². The highest BCUT2D eigenvalue weighted by Gasteiger charge is 2.15. The molecule has 0 aliphatic carbocycles. The average Bonchev–Trinajstić information content (AvgIpc) is 2.83. The lowest BCUT2D eigenvalue weighted by atomic mass is 10.2. The molecular formula is C12H10N4O2S. The summed E-state index contributed by atoms with van der Waals surface area (Å²) in [5.41, 5.74) is 0.800. The van der Waals surface area contributed by atoms with Crippen LogP contribution in [0.25, 0.3) is 0 Å². The first kappa shape index (κ1) is 13.1. The molecule has 6 nitrogen and oxygen atoms in total. The summed E-state index contributed by atoms with van der Waals surface area (Å²) >= 11 is 1.31. The van der Waals surface area contributed by atoms with Gasteiger partial charge in [-0.1, -0.05) is 23.9 Å². The Hall–Kier alpha value is -2.33. The van der Waals surface area contributed by atoms with Gasteiger partial charge >= 0.3 is 0 Å². The van der Waals surface area contributed by atoms with E-state index in [0.29, 0.717) is 16.7 Å². The third-order valence-corrected chi connectivity index (χ3v) is 2.97. The minimum atomic E-state index is -0.0640. The first-order chi connectivity index (χ1) is 9.28. The quantitative estimate of drug-likeness (QED) is 0.659. The molecule has 1 aromatic carbocycles. The molecule has 0 unspecified atom stereocenters. The molecule has 1 fully saturated rings. The smallest absolute Gasteiger partial charge is 0.236 e. The number of thioether (sulfide) groups is 1. The Morgan fingerprint density at radius 3 is 3.21 bits per heavy atom. The van der Waals surface area contributed by atoms with Gasteiger partial charge in [0.25, 0.3) is 0 Å². The number of nitriles is 1. The van der Waals surface area contributed by atoms with Gasteiger partial charge in [-0.25, -0.2) is 0 Å². The zero-order valence-electron chi connectivity index (χ0n) is 9.87.